The zero-order chi connectivity index (χ0) is 27.5. The van der Waals surface area contributed by atoms with Crippen LogP contribution < -0.4 is 21.1 Å². The number of ether oxygens (including phenoxy) is 1. The second-order valence-electron chi connectivity index (χ2n) is 9.11. The molecule has 0 unspecified atom stereocenters. The van der Waals surface area contributed by atoms with Crippen molar-refractivity contribution >= 4 is 40.8 Å². The number of nitrogens with one attached hydrogen (secondary N) is 2. The molecule has 1 aliphatic rings. The van der Waals surface area contributed by atoms with Crippen molar-refractivity contribution in [1.82, 2.24) is 29.6 Å². The molecule has 12 nitrogen and oxygen atoms in total. The number of hydrogen-bond acceptors (Lipinski definition) is 7. The van der Waals surface area contributed by atoms with Crippen LogP contribution in [0.3, 0.4) is 0 Å². The third-order valence-corrected chi connectivity index (χ3v) is 6.40. The molecule has 4 aromatic rings. The molecule has 4 heterocycles. The van der Waals surface area contributed by atoms with Crippen LogP contribution in [-0.2, 0) is 11.3 Å². The lowest BCUT2D eigenvalue weighted by molar-refractivity contribution is -0.116. The number of benzene rings is 1. The Bertz CT molecular complexity index is 1590. The number of amides is 3. The van der Waals surface area contributed by atoms with Crippen molar-refractivity contribution in [3.63, 3.8) is 0 Å². The maximum atomic E-state index is 13.2. The number of aromatic nitrogens is 5. The number of carbonyl (C=O) groups excluding carboxylic acids is 3. The van der Waals surface area contributed by atoms with Gasteiger partial charge in [-0.25, -0.2) is 4.98 Å². The number of nitrogens with zero attached hydrogens (tertiary/aromatic N) is 5. The fraction of sp³-hybridized carbons (Fsp3) is 0.259. The van der Waals surface area contributed by atoms with Gasteiger partial charge < -0.3 is 20.4 Å². The summed E-state index contributed by atoms with van der Waals surface area (Å²) in [5.41, 5.74) is 8.87. The highest BCUT2D eigenvalue weighted by molar-refractivity contribution is 6.04. The Hall–Kier alpha value is -5.00. The summed E-state index contributed by atoms with van der Waals surface area (Å²) >= 11 is 0. The van der Waals surface area contributed by atoms with Crippen LogP contribution >= 0.6 is 0 Å². The smallest absolute Gasteiger partial charge is 0.276 e. The van der Waals surface area contributed by atoms with E-state index in [1.54, 1.807) is 53.5 Å². The van der Waals surface area contributed by atoms with Crippen LogP contribution in [0.5, 0.6) is 5.75 Å². The van der Waals surface area contributed by atoms with E-state index in [9.17, 15) is 14.4 Å². The van der Waals surface area contributed by atoms with Crippen LogP contribution in [0.25, 0.3) is 17.1 Å². The number of primary amides is 1. The molecular formula is C27H28N8O4. The Balaban J connectivity index is 1.39. The van der Waals surface area contributed by atoms with Crippen LogP contribution in [-0.4, -0.2) is 55.2 Å². The first-order chi connectivity index (χ1) is 18.8. The van der Waals surface area contributed by atoms with Gasteiger partial charge in [0.05, 0.1) is 17.3 Å². The molecule has 1 atom stereocenters. The predicted molar refractivity (Wildman–Crippen MR) is 144 cm³/mol. The van der Waals surface area contributed by atoms with Crippen molar-refractivity contribution in [1.29, 1.82) is 0 Å². The van der Waals surface area contributed by atoms with E-state index >= 15 is 0 Å². The molecule has 0 aliphatic carbocycles. The second-order valence-corrected chi connectivity index (χ2v) is 9.11. The van der Waals surface area contributed by atoms with Gasteiger partial charge in [-0.3, -0.25) is 29.4 Å². The van der Waals surface area contributed by atoms with Gasteiger partial charge in [-0.15, -0.1) is 0 Å². The zero-order valence-electron chi connectivity index (χ0n) is 21.5. The Labute approximate surface area is 223 Å². The number of rotatable bonds is 9. The molecule has 0 fully saturated rings. The number of nitrogens with two attached hydrogens (primary N) is 1. The van der Waals surface area contributed by atoms with Crippen molar-refractivity contribution in [2.24, 2.45) is 5.73 Å². The van der Waals surface area contributed by atoms with E-state index in [-0.39, 0.29) is 30.0 Å². The lowest BCUT2D eigenvalue weighted by Crippen LogP contribution is -2.30. The summed E-state index contributed by atoms with van der Waals surface area (Å²) in [4.78, 5) is 46.0. The number of aryl methyl sites for hydroxylation is 2. The molecule has 5 rings (SSSR count). The maximum absolute atomic E-state index is 13.2. The SMILES string of the molecule is CCn1nc(C)cc1C(=O)Nc1nc2cc(C(N)=O)cc3c2n1[C@@H](CCNC(=O)/C=C/c1ccncc1)CO3. The van der Waals surface area contributed by atoms with Crippen LogP contribution in [0.4, 0.5) is 5.95 Å². The fourth-order valence-corrected chi connectivity index (χ4v) is 4.57. The predicted octanol–water partition coefficient (Wildman–Crippen LogP) is 2.46. The molecule has 4 N–H and O–H groups in total. The first-order valence-corrected chi connectivity index (χ1v) is 12.5. The summed E-state index contributed by atoms with van der Waals surface area (Å²) in [6, 6.07) is 8.22. The first-order valence-electron chi connectivity index (χ1n) is 12.5. The Morgan fingerprint density at radius 3 is 2.74 bits per heavy atom. The number of pyridine rings is 1. The molecule has 0 spiro atoms. The molecule has 39 heavy (non-hydrogen) atoms. The summed E-state index contributed by atoms with van der Waals surface area (Å²) in [6.45, 7) is 4.87. The van der Waals surface area contributed by atoms with Gasteiger partial charge in [0.15, 0.2) is 0 Å². The fourth-order valence-electron chi connectivity index (χ4n) is 4.57. The van der Waals surface area contributed by atoms with Gasteiger partial charge in [0, 0.05) is 37.1 Å². The molecule has 200 valence electrons. The molecule has 3 aromatic heterocycles. The van der Waals surface area contributed by atoms with Gasteiger partial charge in [-0.2, -0.15) is 5.10 Å². The Morgan fingerprint density at radius 2 is 2.00 bits per heavy atom. The molecule has 12 heteroatoms. The van der Waals surface area contributed by atoms with Crippen LogP contribution in [0, 0.1) is 6.92 Å². The Morgan fingerprint density at radius 1 is 1.21 bits per heavy atom. The number of imidazole rings is 1. The second kappa shape index (κ2) is 10.8. The summed E-state index contributed by atoms with van der Waals surface area (Å²) in [5, 5.41) is 10.1. The van der Waals surface area contributed by atoms with E-state index in [1.165, 1.54) is 6.08 Å². The third kappa shape index (κ3) is 5.35. The van der Waals surface area contributed by atoms with Crippen molar-refractivity contribution in [2.75, 3.05) is 18.5 Å². The highest BCUT2D eigenvalue weighted by Crippen LogP contribution is 2.38. The minimum Gasteiger partial charge on any atom is -0.489 e. The largest absolute Gasteiger partial charge is 0.489 e. The number of carbonyl (C=O) groups is 3. The van der Waals surface area contributed by atoms with Gasteiger partial charge >= 0.3 is 0 Å². The zero-order valence-corrected chi connectivity index (χ0v) is 21.5. The Kier molecular flexibility index (Phi) is 7.08. The van der Waals surface area contributed by atoms with Crippen molar-refractivity contribution < 1.29 is 19.1 Å². The van der Waals surface area contributed by atoms with Crippen molar-refractivity contribution in [2.45, 2.75) is 32.9 Å². The van der Waals surface area contributed by atoms with E-state index in [0.717, 1.165) is 11.3 Å². The van der Waals surface area contributed by atoms with Crippen LogP contribution in [0.2, 0.25) is 0 Å². The van der Waals surface area contributed by atoms with E-state index in [4.69, 9.17) is 10.5 Å². The van der Waals surface area contributed by atoms with Crippen molar-refractivity contribution in [3.8, 4) is 5.75 Å². The quantitative estimate of drug-likeness (QED) is 0.281. The number of hydrogen-bond donors (Lipinski definition) is 3. The van der Waals surface area contributed by atoms with Gasteiger partial charge in [0.1, 0.15) is 23.6 Å². The molecule has 0 saturated carbocycles. The lowest BCUT2D eigenvalue weighted by atomic mass is 10.1. The molecule has 0 bridgehead atoms. The summed E-state index contributed by atoms with van der Waals surface area (Å²) in [5.74, 6) is -0.451. The highest BCUT2D eigenvalue weighted by Gasteiger charge is 2.29. The number of anilines is 1. The summed E-state index contributed by atoms with van der Waals surface area (Å²) in [7, 11) is 0. The molecule has 0 saturated heterocycles. The monoisotopic (exact) mass is 528 g/mol. The van der Waals surface area contributed by atoms with E-state index in [2.05, 4.69) is 25.7 Å². The van der Waals surface area contributed by atoms with E-state index < -0.39 is 5.91 Å². The average molecular weight is 529 g/mol. The van der Waals surface area contributed by atoms with Gasteiger partial charge in [-0.1, -0.05) is 0 Å². The highest BCUT2D eigenvalue weighted by atomic mass is 16.5. The standard InChI is InChI=1S/C27H28N8O4/c1-3-34-21(12-16(2)33-34)26(38)32-27-31-20-13-18(25(28)37)14-22-24(20)35(27)19(15-39-22)8-11-30-23(36)5-4-17-6-9-29-10-7-17/h4-7,9-10,12-14,19H,3,8,11,15H2,1-2H3,(H2,28,37)(H,30,36)(H,31,32,38)/b5-4+/t19-/m0/s1. The van der Waals surface area contributed by atoms with Crippen LogP contribution in [0.1, 0.15) is 51.5 Å². The van der Waals surface area contributed by atoms with Gasteiger partial charge in [-0.05, 0) is 62.2 Å². The van der Waals surface area contributed by atoms with Gasteiger partial charge in [0.2, 0.25) is 17.8 Å². The summed E-state index contributed by atoms with van der Waals surface area (Å²) < 4.78 is 9.48. The molecule has 1 aliphatic heterocycles. The molecular weight excluding hydrogens is 500 g/mol. The average Bonchev–Trinajstić information content (AvgIpc) is 3.50. The topological polar surface area (TPSA) is 159 Å². The molecule has 3 amide bonds. The normalized spacial score (nSPS) is 14.4. The summed E-state index contributed by atoms with van der Waals surface area (Å²) in [6.07, 6.45) is 7.00. The minimum absolute atomic E-state index is 0.234. The maximum Gasteiger partial charge on any atom is 0.276 e. The lowest BCUT2D eigenvalue weighted by Gasteiger charge is -2.27. The minimum atomic E-state index is -0.608. The third-order valence-electron chi connectivity index (χ3n) is 6.40. The van der Waals surface area contributed by atoms with Crippen molar-refractivity contribution in [3.05, 3.63) is 71.3 Å². The van der Waals surface area contributed by atoms with Crippen LogP contribution in [0.15, 0.2) is 48.8 Å². The van der Waals surface area contributed by atoms with E-state index in [1.807, 2.05) is 18.4 Å². The van der Waals surface area contributed by atoms with Gasteiger partial charge in [0.25, 0.3) is 5.91 Å². The first kappa shape index (κ1) is 25.6. The molecule has 0 radical (unpaired) electrons. The van der Waals surface area contributed by atoms with E-state index in [0.29, 0.717) is 47.9 Å². The molecule has 1 aromatic carbocycles.